The van der Waals surface area contributed by atoms with Crippen molar-refractivity contribution in [3.8, 4) is 11.5 Å². The van der Waals surface area contributed by atoms with Crippen LogP contribution < -0.4 is 14.8 Å². The molecular formula is C19H23NO3. The molecule has 0 saturated carbocycles. The highest BCUT2D eigenvalue weighted by Gasteiger charge is 2.03. The van der Waals surface area contributed by atoms with Gasteiger partial charge in [-0.2, -0.15) is 0 Å². The van der Waals surface area contributed by atoms with Crippen LogP contribution >= 0.6 is 0 Å². The number of hydrogen-bond donors (Lipinski definition) is 1. The smallest absolute Gasteiger partial charge is 0.257 e. The second-order valence-corrected chi connectivity index (χ2v) is 5.23. The largest absolute Gasteiger partial charge is 0.497 e. The van der Waals surface area contributed by atoms with E-state index in [1.807, 2.05) is 48.5 Å². The molecule has 0 aliphatic carbocycles. The van der Waals surface area contributed by atoms with Crippen molar-refractivity contribution < 1.29 is 14.3 Å². The molecule has 0 saturated heterocycles. The predicted octanol–water partition coefficient (Wildman–Crippen LogP) is 3.00. The van der Waals surface area contributed by atoms with Gasteiger partial charge < -0.3 is 14.8 Å². The topological polar surface area (TPSA) is 47.6 Å². The monoisotopic (exact) mass is 313 g/mol. The molecule has 0 aromatic heterocycles. The average Bonchev–Trinajstić information content (AvgIpc) is 2.61. The number of methoxy groups -OCH3 is 1. The summed E-state index contributed by atoms with van der Waals surface area (Å²) in [5, 5.41) is 2.86. The lowest BCUT2D eigenvalue weighted by Gasteiger charge is -2.08. The summed E-state index contributed by atoms with van der Waals surface area (Å²) in [7, 11) is 1.64. The maximum atomic E-state index is 11.8. The molecule has 1 amide bonds. The zero-order valence-corrected chi connectivity index (χ0v) is 13.7. The lowest BCUT2D eigenvalue weighted by Crippen LogP contribution is -2.30. The molecule has 2 rings (SSSR count). The number of benzene rings is 2. The molecule has 1 N–H and O–H groups in total. The fraction of sp³-hybridized carbons (Fsp3) is 0.316. The van der Waals surface area contributed by atoms with Gasteiger partial charge in [0.15, 0.2) is 6.61 Å². The van der Waals surface area contributed by atoms with Crippen molar-refractivity contribution in [2.45, 2.75) is 19.8 Å². The number of hydrogen-bond acceptors (Lipinski definition) is 3. The molecule has 0 bridgehead atoms. The van der Waals surface area contributed by atoms with E-state index in [0.717, 1.165) is 24.2 Å². The van der Waals surface area contributed by atoms with Crippen LogP contribution in [0.4, 0.5) is 0 Å². The Bertz CT molecular complexity index is 606. The minimum atomic E-state index is -0.113. The first-order chi connectivity index (χ1) is 11.2. The third-order valence-corrected chi connectivity index (χ3v) is 3.60. The molecule has 0 atom stereocenters. The molecule has 0 unspecified atom stereocenters. The van der Waals surface area contributed by atoms with Crippen molar-refractivity contribution in [1.82, 2.24) is 5.32 Å². The van der Waals surface area contributed by atoms with Gasteiger partial charge in [-0.1, -0.05) is 31.2 Å². The van der Waals surface area contributed by atoms with Crippen molar-refractivity contribution in [3.05, 3.63) is 59.7 Å². The summed E-state index contributed by atoms with van der Waals surface area (Å²) >= 11 is 0. The average molecular weight is 313 g/mol. The molecule has 0 aliphatic rings. The molecule has 0 spiro atoms. The summed E-state index contributed by atoms with van der Waals surface area (Å²) in [6.45, 7) is 2.73. The van der Waals surface area contributed by atoms with Crippen LogP contribution in [0.2, 0.25) is 0 Å². The Morgan fingerprint density at radius 2 is 1.57 bits per heavy atom. The number of ether oxygens (including phenoxy) is 2. The minimum absolute atomic E-state index is 0.0358. The molecule has 0 fully saturated rings. The van der Waals surface area contributed by atoms with Gasteiger partial charge in [0.25, 0.3) is 5.91 Å². The summed E-state index contributed by atoms with van der Waals surface area (Å²) in [6.07, 6.45) is 1.77. The third-order valence-electron chi connectivity index (χ3n) is 3.60. The first-order valence-corrected chi connectivity index (χ1v) is 7.82. The third kappa shape index (κ3) is 5.66. The molecule has 23 heavy (non-hydrogen) atoms. The van der Waals surface area contributed by atoms with Gasteiger partial charge in [0.05, 0.1) is 7.11 Å². The Morgan fingerprint density at radius 3 is 2.17 bits per heavy atom. The first-order valence-electron chi connectivity index (χ1n) is 7.82. The van der Waals surface area contributed by atoms with E-state index in [0.29, 0.717) is 12.3 Å². The Labute approximate surface area is 137 Å². The first kappa shape index (κ1) is 16.9. The van der Waals surface area contributed by atoms with E-state index in [9.17, 15) is 4.79 Å². The SMILES string of the molecule is CCc1ccc(OCC(=O)NCCc2ccc(OC)cc2)cc1. The minimum Gasteiger partial charge on any atom is -0.497 e. The molecule has 122 valence electrons. The van der Waals surface area contributed by atoms with Crippen LogP contribution in [0, 0.1) is 0 Å². The Morgan fingerprint density at radius 1 is 0.957 bits per heavy atom. The molecule has 0 aliphatic heterocycles. The van der Waals surface area contributed by atoms with Crippen molar-refractivity contribution in [2.75, 3.05) is 20.3 Å². The zero-order valence-electron chi connectivity index (χ0n) is 13.7. The fourth-order valence-electron chi connectivity index (χ4n) is 2.16. The van der Waals surface area contributed by atoms with E-state index in [1.54, 1.807) is 7.11 Å². The van der Waals surface area contributed by atoms with Gasteiger partial charge in [0.1, 0.15) is 11.5 Å². The lowest BCUT2D eigenvalue weighted by molar-refractivity contribution is -0.123. The maximum absolute atomic E-state index is 11.8. The quantitative estimate of drug-likeness (QED) is 0.815. The van der Waals surface area contributed by atoms with Crippen molar-refractivity contribution in [1.29, 1.82) is 0 Å². The lowest BCUT2D eigenvalue weighted by atomic mass is 10.1. The van der Waals surface area contributed by atoms with Gasteiger partial charge >= 0.3 is 0 Å². The summed E-state index contributed by atoms with van der Waals surface area (Å²) in [5.74, 6) is 1.44. The van der Waals surface area contributed by atoms with E-state index in [-0.39, 0.29) is 12.5 Å². The fourth-order valence-corrected chi connectivity index (χ4v) is 2.16. The van der Waals surface area contributed by atoms with Crippen LogP contribution in [0.25, 0.3) is 0 Å². The Balaban J connectivity index is 1.67. The van der Waals surface area contributed by atoms with Gasteiger partial charge in [-0.05, 0) is 48.2 Å². The molecule has 4 nitrogen and oxygen atoms in total. The van der Waals surface area contributed by atoms with Crippen LogP contribution in [0.5, 0.6) is 11.5 Å². The number of rotatable bonds is 8. The molecule has 2 aromatic rings. The highest BCUT2D eigenvalue weighted by Crippen LogP contribution is 2.12. The molecule has 0 heterocycles. The number of aryl methyl sites for hydroxylation is 1. The van der Waals surface area contributed by atoms with Gasteiger partial charge in [-0.15, -0.1) is 0 Å². The Hall–Kier alpha value is -2.49. The van der Waals surface area contributed by atoms with E-state index in [2.05, 4.69) is 12.2 Å². The standard InChI is InChI=1S/C19H23NO3/c1-3-15-4-10-18(11-5-15)23-14-19(21)20-13-12-16-6-8-17(22-2)9-7-16/h4-11H,3,12-14H2,1-2H3,(H,20,21). The number of amides is 1. The van der Waals surface area contributed by atoms with E-state index in [1.165, 1.54) is 5.56 Å². The van der Waals surface area contributed by atoms with Crippen LogP contribution in [0.1, 0.15) is 18.1 Å². The summed E-state index contributed by atoms with van der Waals surface area (Å²) in [6, 6.07) is 15.6. The highest BCUT2D eigenvalue weighted by atomic mass is 16.5. The molecule has 2 aromatic carbocycles. The van der Waals surface area contributed by atoms with Gasteiger partial charge in [0, 0.05) is 6.54 Å². The van der Waals surface area contributed by atoms with Crippen LogP contribution in [0.15, 0.2) is 48.5 Å². The normalized spacial score (nSPS) is 10.2. The molecule has 4 heteroatoms. The van der Waals surface area contributed by atoms with Crippen molar-refractivity contribution >= 4 is 5.91 Å². The summed E-state index contributed by atoms with van der Waals surface area (Å²) in [5.41, 5.74) is 2.41. The number of nitrogens with one attached hydrogen (secondary N) is 1. The van der Waals surface area contributed by atoms with Crippen LogP contribution in [-0.2, 0) is 17.6 Å². The van der Waals surface area contributed by atoms with Crippen LogP contribution in [-0.4, -0.2) is 26.2 Å². The predicted molar refractivity (Wildman–Crippen MR) is 91.0 cm³/mol. The number of carbonyl (C=O) groups excluding carboxylic acids is 1. The Kier molecular flexibility index (Phi) is 6.48. The molecule has 0 radical (unpaired) electrons. The summed E-state index contributed by atoms with van der Waals surface area (Å²) in [4.78, 5) is 11.8. The van der Waals surface area contributed by atoms with Crippen molar-refractivity contribution in [2.24, 2.45) is 0 Å². The van der Waals surface area contributed by atoms with E-state index < -0.39 is 0 Å². The highest BCUT2D eigenvalue weighted by molar-refractivity contribution is 5.77. The van der Waals surface area contributed by atoms with Crippen molar-refractivity contribution in [3.63, 3.8) is 0 Å². The zero-order chi connectivity index (χ0) is 16.5. The van der Waals surface area contributed by atoms with Gasteiger partial charge in [-0.25, -0.2) is 0 Å². The second-order valence-electron chi connectivity index (χ2n) is 5.23. The molecular weight excluding hydrogens is 290 g/mol. The second kappa shape index (κ2) is 8.83. The van der Waals surface area contributed by atoms with Gasteiger partial charge in [0.2, 0.25) is 0 Å². The number of carbonyl (C=O) groups is 1. The van der Waals surface area contributed by atoms with Gasteiger partial charge in [-0.3, -0.25) is 4.79 Å². The van der Waals surface area contributed by atoms with E-state index >= 15 is 0 Å². The van der Waals surface area contributed by atoms with E-state index in [4.69, 9.17) is 9.47 Å². The summed E-state index contributed by atoms with van der Waals surface area (Å²) < 4.78 is 10.6. The van der Waals surface area contributed by atoms with Crippen LogP contribution in [0.3, 0.4) is 0 Å². The maximum Gasteiger partial charge on any atom is 0.257 e.